The van der Waals surface area contributed by atoms with Crippen LogP contribution in [-0.4, -0.2) is 17.6 Å². The van der Waals surface area contributed by atoms with Crippen LogP contribution in [0.2, 0.25) is 0 Å². The number of oxazole rings is 1. The minimum absolute atomic E-state index is 0.100. The number of aromatic nitrogens is 1. The fourth-order valence-electron chi connectivity index (χ4n) is 2.15. The summed E-state index contributed by atoms with van der Waals surface area (Å²) in [4.78, 5) is 4.27. The van der Waals surface area contributed by atoms with Crippen molar-refractivity contribution in [2.45, 2.75) is 52.4 Å². The van der Waals surface area contributed by atoms with Gasteiger partial charge in [0.15, 0.2) is 12.2 Å². The monoisotopic (exact) mass is 238 g/mol. The first kappa shape index (κ1) is 12.6. The van der Waals surface area contributed by atoms with E-state index in [1.54, 1.807) is 0 Å². The molecule has 1 aliphatic rings. The molecule has 0 amide bonds. The predicted molar refractivity (Wildman–Crippen MR) is 65.6 cm³/mol. The van der Waals surface area contributed by atoms with E-state index in [9.17, 15) is 0 Å². The molecule has 2 atom stereocenters. The van der Waals surface area contributed by atoms with Gasteiger partial charge in [-0.1, -0.05) is 13.8 Å². The zero-order chi connectivity index (χ0) is 12.3. The van der Waals surface area contributed by atoms with Gasteiger partial charge in [-0.15, -0.1) is 0 Å². The van der Waals surface area contributed by atoms with Crippen LogP contribution in [0.25, 0.3) is 0 Å². The van der Waals surface area contributed by atoms with Gasteiger partial charge in [-0.25, -0.2) is 4.98 Å². The van der Waals surface area contributed by atoms with E-state index in [-0.39, 0.29) is 6.10 Å². The van der Waals surface area contributed by atoms with Gasteiger partial charge >= 0.3 is 0 Å². The van der Waals surface area contributed by atoms with Gasteiger partial charge in [0.2, 0.25) is 0 Å². The van der Waals surface area contributed by atoms with E-state index < -0.39 is 0 Å². The van der Waals surface area contributed by atoms with Gasteiger partial charge in [-0.05, 0) is 32.2 Å². The number of hydrogen-bond acceptors (Lipinski definition) is 4. The highest BCUT2D eigenvalue weighted by Crippen LogP contribution is 2.33. The SMILES string of the molecule is CC(C)CNCc1ncoc1C1CCC(C)O1. The molecule has 0 aromatic carbocycles. The van der Waals surface area contributed by atoms with Gasteiger partial charge in [-0.3, -0.25) is 0 Å². The fourth-order valence-corrected chi connectivity index (χ4v) is 2.15. The summed E-state index contributed by atoms with van der Waals surface area (Å²) < 4.78 is 11.3. The first-order valence-corrected chi connectivity index (χ1v) is 6.45. The van der Waals surface area contributed by atoms with Crippen LogP contribution in [0.3, 0.4) is 0 Å². The van der Waals surface area contributed by atoms with Crippen molar-refractivity contribution >= 4 is 0 Å². The highest BCUT2D eigenvalue weighted by atomic mass is 16.5. The Kier molecular flexibility index (Phi) is 4.18. The Morgan fingerprint density at radius 2 is 2.29 bits per heavy atom. The molecule has 0 radical (unpaired) electrons. The smallest absolute Gasteiger partial charge is 0.181 e. The van der Waals surface area contributed by atoms with E-state index in [2.05, 4.69) is 31.1 Å². The van der Waals surface area contributed by atoms with Gasteiger partial charge in [0.05, 0.1) is 11.8 Å². The lowest BCUT2D eigenvalue weighted by atomic mass is 10.1. The molecule has 0 saturated carbocycles. The van der Waals surface area contributed by atoms with Crippen molar-refractivity contribution in [3.8, 4) is 0 Å². The highest BCUT2D eigenvalue weighted by molar-refractivity contribution is 5.11. The number of hydrogen-bond donors (Lipinski definition) is 1. The van der Waals surface area contributed by atoms with E-state index >= 15 is 0 Å². The summed E-state index contributed by atoms with van der Waals surface area (Å²) in [7, 11) is 0. The topological polar surface area (TPSA) is 47.3 Å². The molecule has 17 heavy (non-hydrogen) atoms. The molecule has 2 rings (SSSR count). The highest BCUT2D eigenvalue weighted by Gasteiger charge is 2.28. The summed E-state index contributed by atoms with van der Waals surface area (Å²) >= 11 is 0. The molecule has 1 aliphatic heterocycles. The van der Waals surface area contributed by atoms with Crippen molar-refractivity contribution in [2.75, 3.05) is 6.54 Å². The Balaban J connectivity index is 1.92. The van der Waals surface area contributed by atoms with Gasteiger partial charge in [0.1, 0.15) is 6.10 Å². The lowest BCUT2D eigenvalue weighted by molar-refractivity contribution is 0.0417. The van der Waals surface area contributed by atoms with Gasteiger partial charge in [-0.2, -0.15) is 0 Å². The second-order valence-electron chi connectivity index (χ2n) is 5.20. The second-order valence-corrected chi connectivity index (χ2v) is 5.20. The largest absolute Gasteiger partial charge is 0.445 e. The molecule has 1 fully saturated rings. The van der Waals surface area contributed by atoms with E-state index in [0.717, 1.165) is 37.4 Å². The van der Waals surface area contributed by atoms with Gasteiger partial charge in [0, 0.05) is 6.54 Å². The standard InChI is InChI=1S/C13H22N2O2/c1-9(2)6-14-7-11-13(16-8-15-11)12-5-4-10(3)17-12/h8-10,12,14H,4-7H2,1-3H3. The van der Waals surface area contributed by atoms with Crippen LogP contribution in [0.4, 0.5) is 0 Å². The second kappa shape index (κ2) is 5.65. The third kappa shape index (κ3) is 3.30. The summed E-state index contributed by atoms with van der Waals surface area (Å²) in [6, 6.07) is 0. The fraction of sp³-hybridized carbons (Fsp3) is 0.769. The number of ether oxygens (including phenoxy) is 1. The van der Waals surface area contributed by atoms with Crippen LogP contribution in [0.1, 0.15) is 51.2 Å². The van der Waals surface area contributed by atoms with E-state index in [1.165, 1.54) is 6.39 Å². The lowest BCUT2D eigenvalue weighted by Crippen LogP contribution is -2.20. The van der Waals surface area contributed by atoms with Crippen LogP contribution in [0, 0.1) is 5.92 Å². The first-order valence-electron chi connectivity index (χ1n) is 6.45. The molecule has 4 nitrogen and oxygen atoms in total. The van der Waals surface area contributed by atoms with Gasteiger partial charge in [0.25, 0.3) is 0 Å². The Morgan fingerprint density at radius 3 is 2.94 bits per heavy atom. The minimum atomic E-state index is 0.100. The maximum Gasteiger partial charge on any atom is 0.181 e. The van der Waals surface area contributed by atoms with Crippen LogP contribution in [-0.2, 0) is 11.3 Å². The van der Waals surface area contributed by atoms with Crippen molar-refractivity contribution in [1.82, 2.24) is 10.3 Å². The normalized spacial score (nSPS) is 24.7. The summed E-state index contributed by atoms with van der Waals surface area (Å²) in [5, 5.41) is 3.38. The molecule has 0 spiro atoms. The van der Waals surface area contributed by atoms with E-state index in [4.69, 9.17) is 9.15 Å². The molecule has 1 aromatic rings. The molecular formula is C13H22N2O2. The third-order valence-corrected chi connectivity index (χ3v) is 3.04. The first-order chi connectivity index (χ1) is 8.16. The van der Waals surface area contributed by atoms with Crippen LogP contribution >= 0.6 is 0 Å². The summed E-state index contributed by atoms with van der Waals surface area (Å²) in [6.07, 6.45) is 4.09. The molecule has 4 heteroatoms. The number of rotatable bonds is 5. The van der Waals surface area contributed by atoms with E-state index in [1.807, 2.05) is 0 Å². The Labute approximate surface area is 103 Å². The Hall–Kier alpha value is -0.870. The average molecular weight is 238 g/mol. The summed E-state index contributed by atoms with van der Waals surface area (Å²) in [6.45, 7) is 8.25. The maximum atomic E-state index is 5.81. The number of nitrogens with zero attached hydrogens (tertiary/aromatic N) is 1. The van der Waals surface area contributed by atoms with Crippen LogP contribution < -0.4 is 5.32 Å². The molecule has 1 saturated heterocycles. The Morgan fingerprint density at radius 1 is 1.47 bits per heavy atom. The maximum absolute atomic E-state index is 5.81. The molecule has 96 valence electrons. The molecule has 1 aromatic heterocycles. The van der Waals surface area contributed by atoms with Crippen LogP contribution in [0.15, 0.2) is 10.8 Å². The average Bonchev–Trinajstić information content (AvgIpc) is 2.86. The van der Waals surface area contributed by atoms with Gasteiger partial charge < -0.3 is 14.5 Å². The van der Waals surface area contributed by atoms with Crippen molar-refractivity contribution in [2.24, 2.45) is 5.92 Å². The molecule has 0 bridgehead atoms. The van der Waals surface area contributed by atoms with Crippen molar-refractivity contribution in [1.29, 1.82) is 0 Å². The predicted octanol–water partition coefficient (Wildman–Crippen LogP) is 2.66. The molecule has 1 N–H and O–H groups in total. The summed E-state index contributed by atoms with van der Waals surface area (Å²) in [5.41, 5.74) is 0.991. The minimum Gasteiger partial charge on any atom is -0.445 e. The zero-order valence-electron chi connectivity index (χ0n) is 10.9. The van der Waals surface area contributed by atoms with Crippen molar-refractivity contribution < 1.29 is 9.15 Å². The van der Waals surface area contributed by atoms with Crippen molar-refractivity contribution in [3.63, 3.8) is 0 Å². The Bertz CT molecular complexity index is 349. The quantitative estimate of drug-likeness (QED) is 0.856. The van der Waals surface area contributed by atoms with Crippen LogP contribution in [0.5, 0.6) is 0 Å². The van der Waals surface area contributed by atoms with E-state index in [0.29, 0.717) is 12.0 Å². The third-order valence-electron chi connectivity index (χ3n) is 3.04. The molecule has 2 heterocycles. The number of nitrogens with one attached hydrogen (secondary N) is 1. The molecular weight excluding hydrogens is 216 g/mol. The molecule has 0 aliphatic carbocycles. The van der Waals surface area contributed by atoms with Crippen molar-refractivity contribution in [3.05, 3.63) is 17.8 Å². The lowest BCUT2D eigenvalue weighted by Gasteiger charge is -2.11. The zero-order valence-corrected chi connectivity index (χ0v) is 10.9. The molecule has 2 unspecified atom stereocenters. The summed E-state index contributed by atoms with van der Waals surface area (Å²) in [5.74, 6) is 1.55.